The first-order valence-electron chi connectivity index (χ1n) is 8.72. The highest BCUT2D eigenvalue weighted by atomic mass is 16.5. The number of methoxy groups -OCH3 is 1. The van der Waals surface area contributed by atoms with Crippen molar-refractivity contribution in [2.24, 2.45) is 0 Å². The lowest BCUT2D eigenvalue weighted by Crippen LogP contribution is -2.34. The molecule has 1 aliphatic rings. The van der Waals surface area contributed by atoms with Gasteiger partial charge in [0.25, 0.3) is 5.91 Å². The van der Waals surface area contributed by atoms with E-state index in [0.717, 1.165) is 42.0 Å². The minimum Gasteiger partial charge on any atom is -0.497 e. The average Bonchev–Trinajstić information content (AvgIpc) is 3.12. The fourth-order valence-corrected chi connectivity index (χ4v) is 3.34. The lowest BCUT2D eigenvalue weighted by Gasteiger charge is -2.25. The van der Waals surface area contributed by atoms with Gasteiger partial charge >= 0.3 is 0 Å². The van der Waals surface area contributed by atoms with Crippen molar-refractivity contribution in [3.63, 3.8) is 0 Å². The van der Waals surface area contributed by atoms with E-state index in [2.05, 4.69) is 0 Å². The Morgan fingerprint density at radius 2 is 1.92 bits per heavy atom. The summed E-state index contributed by atoms with van der Waals surface area (Å²) in [5.74, 6) is 1.66. The Bertz CT molecular complexity index is 739. The Labute approximate surface area is 149 Å². The van der Waals surface area contributed by atoms with E-state index in [9.17, 15) is 4.79 Å². The smallest absolute Gasteiger partial charge is 0.261 e. The van der Waals surface area contributed by atoms with Crippen LogP contribution in [0.4, 0.5) is 0 Å². The van der Waals surface area contributed by atoms with Crippen LogP contribution in [0.5, 0.6) is 11.5 Å². The highest BCUT2D eigenvalue weighted by Crippen LogP contribution is 2.33. The number of aryl methyl sites for hydroxylation is 1. The molecule has 3 rings (SSSR count). The van der Waals surface area contributed by atoms with Gasteiger partial charge in [0.15, 0.2) is 6.61 Å². The van der Waals surface area contributed by atoms with Crippen LogP contribution in [0.15, 0.2) is 42.5 Å². The predicted molar refractivity (Wildman–Crippen MR) is 98.1 cm³/mol. The highest BCUT2D eigenvalue weighted by Gasteiger charge is 2.30. The molecular formula is C21H25NO3. The molecular weight excluding hydrogens is 314 g/mol. The number of carbonyl (C=O) groups is 1. The highest BCUT2D eigenvalue weighted by molar-refractivity contribution is 5.78. The molecule has 1 saturated heterocycles. The van der Waals surface area contributed by atoms with Crippen molar-refractivity contribution in [3.05, 3.63) is 59.2 Å². The number of amides is 1. The first kappa shape index (κ1) is 17.3. The lowest BCUT2D eigenvalue weighted by molar-refractivity contribution is -0.134. The molecule has 0 unspecified atom stereocenters. The molecule has 0 aliphatic carbocycles. The van der Waals surface area contributed by atoms with Gasteiger partial charge in [-0.2, -0.15) is 0 Å². The first-order valence-corrected chi connectivity index (χ1v) is 8.72. The SMILES string of the molecule is COc1ccc([C@H]2CCCN2C(=O)COc2cccc(C)c2C)cc1. The van der Waals surface area contributed by atoms with Crippen LogP contribution in [-0.2, 0) is 4.79 Å². The van der Waals surface area contributed by atoms with Gasteiger partial charge in [0.2, 0.25) is 0 Å². The molecule has 132 valence electrons. The molecule has 1 amide bonds. The van der Waals surface area contributed by atoms with Gasteiger partial charge in [-0.3, -0.25) is 4.79 Å². The van der Waals surface area contributed by atoms with Crippen molar-refractivity contribution in [1.82, 2.24) is 4.90 Å². The summed E-state index contributed by atoms with van der Waals surface area (Å²) in [6, 6.07) is 14.0. The molecule has 0 saturated carbocycles. The quantitative estimate of drug-likeness (QED) is 0.825. The molecule has 0 bridgehead atoms. The predicted octanol–water partition coefficient (Wildman–Crippen LogP) is 4.05. The first-order chi connectivity index (χ1) is 12.1. The van der Waals surface area contributed by atoms with Crippen LogP contribution in [0.2, 0.25) is 0 Å². The van der Waals surface area contributed by atoms with Crippen LogP contribution in [0.25, 0.3) is 0 Å². The Hall–Kier alpha value is -2.49. The standard InChI is InChI=1S/C21H25NO3/c1-15-6-4-8-20(16(15)2)25-14-21(23)22-13-5-7-19(22)17-9-11-18(24-3)12-10-17/h4,6,8-12,19H,5,7,13-14H2,1-3H3/t19-/m1/s1. The van der Waals surface area contributed by atoms with E-state index in [0.29, 0.717) is 0 Å². The van der Waals surface area contributed by atoms with Gasteiger partial charge in [-0.05, 0) is 61.6 Å². The van der Waals surface area contributed by atoms with Crippen LogP contribution in [-0.4, -0.2) is 31.1 Å². The Kier molecular flexibility index (Phi) is 5.27. The molecule has 1 fully saturated rings. The van der Waals surface area contributed by atoms with Crippen LogP contribution in [0.3, 0.4) is 0 Å². The van der Waals surface area contributed by atoms with Gasteiger partial charge in [0.1, 0.15) is 11.5 Å². The summed E-state index contributed by atoms with van der Waals surface area (Å²) >= 11 is 0. The average molecular weight is 339 g/mol. The number of rotatable bonds is 5. The zero-order chi connectivity index (χ0) is 17.8. The van der Waals surface area contributed by atoms with Crippen LogP contribution < -0.4 is 9.47 Å². The van der Waals surface area contributed by atoms with Crippen molar-refractivity contribution < 1.29 is 14.3 Å². The van der Waals surface area contributed by atoms with E-state index in [1.165, 1.54) is 5.56 Å². The van der Waals surface area contributed by atoms with E-state index < -0.39 is 0 Å². The van der Waals surface area contributed by atoms with Crippen molar-refractivity contribution in [3.8, 4) is 11.5 Å². The summed E-state index contributed by atoms with van der Waals surface area (Å²) in [6.07, 6.45) is 2.01. The second kappa shape index (κ2) is 7.60. The molecule has 0 radical (unpaired) electrons. The fourth-order valence-electron chi connectivity index (χ4n) is 3.34. The number of nitrogens with zero attached hydrogens (tertiary/aromatic N) is 1. The van der Waals surface area contributed by atoms with Gasteiger partial charge in [0.05, 0.1) is 13.2 Å². The van der Waals surface area contributed by atoms with Crippen molar-refractivity contribution in [2.45, 2.75) is 32.7 Å². The third-order valence-electron chi connectivity index (χ3n) is 4.98. The number of carbonyl (C=O) groups excluding carboxylic acids is 1. The maximum atomic E-state index is 12.7. The monoisotopic (exact) mass is 339 g/mol. The molecule has 0 spiro atoms. The molecule has 4 heteroatoms. The van der Waals surface area contributed by atoms with Crippen molar-refractivity contribution >= 4 is 5.91 Å². The molecule has 1 aliphatic heterocycles. The molecule has 0 aromatic heterocycles. The topological polar surface area (TPSA) is 38.8 Å². The summed E-state index contributed by atoms with van der Waals surface area (Å²) in [4.78, 5) is 14.6. The number of likely N-dealkylation sites (tertiary alicyclic amines) is 1. The Balaban J connectivity index is 1.67. The lowest BCUT2D eigenvalue weighted by atomic mass is 10.0. The van der Waals surface area contributed by atoms with Gasteiger partial charge in [-0.1, -0.05) is 24.3 Å². The Morgan fingerprint density at radius 1 is 1.16 bits per heavy atom. The Morgan fingerprint density at radius 3 is 2.64 bits per heavy atom. The van der Waals surface area contributed by atoms with Crippen LogP contribution in [0, 0.1) is 13.8 Å². The van der Waals surface area contributed by atoms with E-state index in [4.69, 9.17) is 9.47 Å². The largest absolute Gasteiger partial charge is 0.497 e. The minimum atomic E-state index is 0.0409. The molecule has 1 atom stereocenters. The summed E-state index contributed by atoms with van der Waals surface area (Å²) in [6.45, 7) is 4.93. The minimum absolute atomic E-state index is 0.0409. The van der Waals surface area contributed by atoms with E-state index >= 15 is 0 Å². The number of hydrogen-bond donors (Lipinski definition) is 0. The maximum Gasteiger partial charge on any atom is 0.261 e. The number of benzene rings is 2. The zero-order valence-electron chi connectivity index (χ0n) is 15.1. The van der Waals surface area contributed by atoms with Gasteiger partial charge in [-0.25, -0.2) is 0 Å². The number of ether oxygens (including phenoxy) is 2. The molecule has 25 heavy (non-hydrogen) atoms. The van der Waals surface area contributed by atoms with Crippen LogP contribution >= 0.6 is 0 Å². The summed E-state index contributed by atoms with van der Waals surface area (Å²) < 4.78 is 11.0. The second-order valence-corrected chi connectivity index (χ2v) is 6.51. The number of hydrogen-bond acceptors (Lipinski definition) is 3. The fraction of sp³-hybridized carbons (Fsp3) is 0.381. The maximum absolute atomic E-state index is 12.7. The molecule has 4 nitrogen and oxygen atoms in total. The van der Waals surface area contributed by atoms with E-state index in [-0.39, 0.29) is 18.6 Å². The zero-order valence-corrected chi connectivity index (χ0v) is 15.1. The summed E-state index contributed by atoms with van der Waals surface area (Å²) in [7, 11) is 1.66. The second-order valence-electron chi connectivity index (χ2n) is 6.51. The van der Waals surface area contributed by atoms with E-state index in [1.54, 1.807) is 7.11 Å². The molecule has 2 aromatic carbocycles. The normalized spacial score (nSPS) is 16.8. The summed E-state index contributed by atoms with van der Waals surface area (Å²) in [5, 5.41) is 0. The molecule has 0 N–H and O–H groups in total. The van der Waals surface area contributed by atoms with Gasteiger partial charge < -0.3 is 14.4 Å². The summed E-state index contributed by atoms with van der Waals surface area (Å²) in [5.41, 5.74) is 3.41. The van der Waals surface area contributed by atoms with Crippen molar-refractivity contribution in [1.29, 1.82) is 0 Å². The molecule has 2 aromatic rings. The van der Waals surface area contributed by atoms with Crippen LogP contribution in [0.1, 0.15) is 35.6 Å². The van der Waals surface area contributed by atoms with Gasteiger partial charge in [0, 0.05) is 6.54 Å². The van der Waals surface area contributed by atoms with Crippen molar-refractivity contribution in [2.75, 3.05) is 20.3 Å². The molecule has 1 heterocycles. The third kappa shape index (κ3) is 3.78. The van der Waals surface area contributed by atoms with E-state index in [1.807, 2.05) is 61.2 Å². The third-order valence-corrected chi connectivity index (χ3v) is 4.98. The van der Waals surface area contributed by atoms with Gasteiger partial charge in [-0.15, -0.1) is 0 Å².